The van der Waals surface area contributed by atoms with Crippen molar-refractivity contribution >= 4 is 27.6 Å². The predicted molar refractivity (Wildman–Crippen MR) is 69.6 cm³/mol. The fourth-order valence-electron chi connectivity index (χ4n) is 2.20. The molecule has 1 aliphatic rings. The second-order valence-corrected chi connectivity index (χ2v) is 4.99. The molecule has 2 aromatic rings. The fraction of sp³-hybridized carbons (Fsp3) is 0.545. The summed E-state index contributed by atoms with van der Waals surface area (Å²) in [6, 6.07) is 0. The molecule has 0 unspecified atom stereocenters. The molecule has 3 heterocycles. The summed E-state index contributed by atoms with van der Waals surface area (Å²) in [7, 11) is 0. The van der Waals surface area contributed by atoms with Crippen molar-refractivity contribution in [3.8, 4) is 0 Å². The van der Waals surface area contributed by atoms with Crippen LogP contribution in [-0.4, -0.2) is 40.5 Å². The van der Waals surface area contributed by atoms with E-state index < -0.39 is 0 Å². The van der Waals surface area contributed by atoms with Gasteiger partial charge in [0.25, 0.3) is 0 Å². The highest BCUT2D eigenvalue weighted by molar-refractivity contribution is 7.13. The second-order valence-electron chi connectivity index (χ2n) is 4.24. The molecule has 0 spiro atoms. The van der Waals surface area contributed by atoms with E-state index in [9.17, 15) is 0 Å². The van der Waals surface area contributed by atoms with E-state index in [0.717, 1.165) is 54.3 Å². The molecule has 0 atom stereocenters. The number of aromatic nitrogens is 3. The second kappa shape index (κ2) is 4.54. The van der Waals surface area contributed by atoms with Gasteiger partial charge in [-0.05, 0) is 31.4 Å². The molecule has 1 fully saturated rings. The van der Waals surface area contributed by atoms with Crippen LogP contribution in [0, 0.1) is 6.92 Å². The standard InChI is InChI=1S/C11H15N5S/c1-8-9-10(13-7-14-11(9)17-15-8)16-5-2-3-12-4-6-16/h7,12H,2-6H2,1H3. The molecule has 1 N–H and O–H groups in total. The third-order valence-corrected chi connectivity index (χ3v) is 3.91. The first kappa shape index (κ1) is 10.9. The zero-order valence-corrected chi connectivity index (χ0v) is 10.6. The number of aryl methyl sites for hydroxylation is 1. The predicted octanol–water partition coefficient (Wildman–Crippen LogP) is 1.19. The highest BCUT2D eigenvalue weighted by Gasteiger charge is 2.17. The van der Waals surface area contributed by atoms with Gasteiger partial charge in [-0.2, -0.15) is 4.37 Å². The third kappa shape index (κ3) is 1.98. The molecule has 0 aromatic carbocycles. The number of hydrogen-bond donors (Lipinski definition) is 1. The molecule has 3 rings (SSSR count). The van der Waals surface area contributed by atoms with E-state index in [4.69, 9.17) is 0 Å². The topological polar surface area (TPSA) is 53.9 Å². The Morgan fingerprint density at radius 2 is 2.24 bits per heavy atom. The maximum absolute atomic E-state index is 4.46. The van der Waals surface area contributed by atoms with Gasteiger partial charge in [-0.3, -0.25) is 0 Å². The summed E-state index contributed by atoms with van der Waals surface area (Å²) in [4.78, 5) is 12.1. The molecule has 2 aromatic heterocycles. The van der Waals surface area contributed by atoms with Crippen molar-refractivity contribution < 1.29 is 0 Å². The smallest absolute Gasteiger partial charge is 0.149 e. The maximum Gasteiger partial charge on any atom is 0.149 e. The van der Waals surface area contributed by atoms with Gasteiger partial charge in [0.15, 0.2) is 0 Å². The molecule has 0 amide bonds. The van der Waals surface area contributed by atoms with Gasteiger partial charge in [0.1, 0.15) is 17.0 Å². The van der Waals surface area contributed by atoms with Crippen LogP contribution in [0.15, 0.2) is 6.33 Å². The SMILES string of the molecule is Cc1nsc2ncnc(N3CCCNCC3)c12. The van der Waals surface area contributed by atoms with Crippen molar-refractivity contribution in [2.45, 2.75) is 13.3 Å². The Labute approximate surface area is 104 Å². The minimum absolute atomic E-state index is 0.990. The van der Waals surface area contributed by atoms with Crippen LogP contribution in [0.5, 0.6) is 0 Å². The molecule has 90 valence electrons. The summed E-state index contributed by atoms with van der Waals surface area (Å²) in [5.74, 6) is 1.05. The molecule has 1 aliphatic heterocycles. The molecule has 0 bridgehead atoms. The van der Waals surface area contributed by atoms with Crippen LogP contribution >= 0.6 is 11.5 Å². The lowest BCUT2D eigenvalue weighted by atomic mass is 10.3. The van der Waals surface area contributed by atoms with Crippen LogP contribution in [-0.2, 0) is 0 Å². The van der Waals surface area contributed by atoms with Gasteiger partial charge in [-0.15, -0.1) is 0 Å². The van der Waals surface area contributed by atoms with E-state index >= 15 is 0 Å². The summed E-state index contributed by atoms with van der Waals surface area (Å²) < 4.78 is 4.37. The van der Waals surface area contributed by atoms with E-state index in [1.54, 1.807) is 6.33 Å². The van der Waals surface area contributed by atoms with Gasteiger partial charge in [-0.25, -0.2) is 9.97 Å². The molecule has 5 nitrogen and oxygen atoms in total. The number of hydrogen-bond acceptors (Lipinski definition) is 6. The normalized spacial score (nSPS) is 17.4. The summed E-state index contributed by atoms with van der Waals surface area (Å²) in [6.07, 6.45) is 2.80. The zero-order valence-electron chi connectivity index (χ0n) is 9.81. The largest absolute Gasteiger partial charge is 0.355 e. The third-order valence-electron chi connectivity index (χ3n) is 3.06. The van der Waals surface area contributed by atoms with E-state index in [0.29, 0.717) is 0 Å². The molecule has 17 heavy (non-hydrogen) atoms. The molecule has 0 aliphatic carbocycles. The highest BCUT2D eigenvalue weighted by atomic mass is 32.1. The fourth-order valence-corrected chi connectivity index (χ4v) is 2.94. The highest BCUT2D eigenvalue weighted by Crippen LogP contribution is 2.28. The first-order valence-electron chi connectivity index (χ1n) is 5.89. The number of nitrogens with one attached hydrogen (secondary N) is 1. The van der Waals surface area contributed by atoms with Gasteiger partial charge in [0.2, 0.25) is 0 Å². The summed E-state index contributed by atoms with van der Waals surface area (Å²) in [5.41, 5.74) is 1.04. The first-order chi connectivity index (χ1) is 8.36. The van der Waals surface area contributed by atoms with Crippen molar-refractivity contribution in [2.24, 2.45) is 0 Å². The minimum Gasteiger partial charge on any atom is -0.355 e. The van der Waals surface area contributed by atoms with Crippen LogP contribution in [0.3, 0.4) is 0 Å². The van der Waals surface area contributed by atoms with Crippen LogP contribution in [0.2, 0.25) is 0 Å². The van der Waals surface area contributed by atoms with Crippen LogP contribution in [0.1, 0.15) is 12.1 Å². The molecule has 0 saturated carbocycles. The van der Waals surface area contributed by atoms with Gasteiger partial charge in [-0.1, -0.05) is 0 Å². The lowest BCUT2D eigenvalue weighted by molar-refractivity contribution is 0.724. The van der Waals surface area contributed by atoms with E-state index in [-0.39, 0.29) is 0 Å². The molecule has 0 radical (unpaired) electrons. The van der Waals surface area contributed by atoms with Gasteiger partial charge in [0.05, 0.1) is 11.1 Å². The molecular formula is C11H15N5S. The zero-order chi connectivity index (χ0) is 11.7. The van der Waals surface area contributed by atoms with Gasteiger partial charge < -0.3 is 10.2 Å². The Morgan fingerprint density at radius 3 is 3.18 bits per heavy atom. The van der Waals surface area contributed by atoms with Crippen molar-refractivity contribution in [1.82, 2.24) is 19.7 Å². The van der Waals surface area contributed by atoms with Crippen molar-refractivity contribution in [3.05, 3.63) is 12.0 Å². The van der Waals surface area contributed by atoms with Crippen LogP contribution in [0.4, 0.5) is 5.82 Å². The van der Waals surface area contributed by atoms with E-state index in [2.05, 4.69) is 24.6 Å². The first-order valence-corrected chi connectivity index (χ1v) is 6.66. The molecular weight excluding hydrogens is 234 g/mol. The van der Waals surface area contributed by atoms with Gasteiger partial charge >= 0.3 is 0 Å². The number of rotatable bonds is 1. The van der Waals surface area contributed by atoms with Gasteiger partial charge in [0, 0.05) is 19.6 Å². The Kier molecular flexibility index (Phi) is 2.90. The van der Waals surface area contributed by atoms with Crippen LogP contribution in [0.25, 0.3) is 10.2 Å². The number of nitrogens with zero attached hydrogens (tertiary/aromatic N) is 4. The Hall–Kier alpha value is -1.27. The van der Waals surface area contributed by atoms with Crippen molar-refractivity contribution in [1.29, 1.82) is 0 Å². The summed E-state index contributed by atoms with van der Waals surface area (Å²) >= 11 is 1.45. The average molecular weight is 249 g/mol. The molecule has 1 saturated heterocycles. The summed E-state index contributed by atoms with van der Waals surface area (Å²) in [5, 5.41) is 4.53. The lowest BCUT2D eigenvalue weighted by Crippen LogP contribution is -2.28. The maximum atomic E-state index is 4.46. The quantitative estimate of drug-likeness (QED) is 0.823. The van der Waals surface area contributed by atoms with E-state index in [1.807, 2.05) is 6.92 Å². The molecule has 6 heteroatoms. The number of fused-ring (bicyclic) bond motifs is 1. The Balaban J connectivity index is 2.06. The Bertz CT molecular complexity index is 516. The summed E-state index contributed by atoms with van der Waals surface area (Å²) in [6.45, 7) is 6.19. The van der Waals surface area contributed by atoms with Crippen LogP contribution < -0.4 is 10.2 Å². The average Bonchev–Trinajstić information content (AvgIpc) is 2.59. The minimum atomic E-state index is 0.990. The van der Waals surface area contributed by atoms with E-state index in [1.165, 1.54) is 11.5 Å². The van der Waals surface area contributed by atoms with Crippen molar-refractivity contribution in [3.63, 3.8) is 0 Å². The number of anilines is 1. The van der Waals surface area contributed by atoms with Crippen molar-refractivity contribution in [2.75, 3.05) is 31.1 Å². The Morgan fingerprint density at radius 1 is 1.29 bits per heavy atom. The lowest BCUT2D eigenvalue weighted by Gasteiger charge is -2.21. The monoisotopic (exact) mass is 249 g/mol.